The van der Waals surface area contributed by atoms with Gasteiger partial charge in [-0.25, -0.2) is 5.90 Å². The summed E-state index contributed by atoms with van der Waals surface area (Å²) >= 11 is 0. The van der Waals surface area contributed by atoms with Crippen LogP contribution in [-0.2, 0) is 9.63 Å². The predicted octanol–water partition coefficient (Wildman–Crippen LogP) is 1.99. The van der Waals surface area contributed by atoms with Gasteiger partial charge < -0.3 is 10.2 Å². The molecule has 4 aliphatic rings. The first-order chi connectivity index (χ1) is 8.92. The Morgan fingerprint density at radius 2 is 1.68 bits per heavy atom. The Hall–Kier alpha value is -0.610. The maximum Gasteiger partial charge on any atom is 0.226 e. The van der Waals surface area contributed by atoms with Gasteiger partial charge in [-0.05, 0) is 70.1 Å². The molecule has 0 unspecified atom stereocenters. The topological polar surface area (TPSA) is 64.3 Å². The average molecular weight is 266 g/mol. The molecule has 4 bridgehead atoms. The number of carbonyl (C=O) groups is 1. The maximum atomic E-state index is 12.8. The van der Waals surface area contributed by atoms with E-state index in [1.54, 1.807) is 0 Å². The SMILES string of the molecule is CC(C)(CON)NC(=O)C12CC3CC(CC(C3)C1)C2. The fourth-order valence-corrected chi connectivity index (χ4v) is 5.07. The van der Waals surface area contributed by atoms with Crippen LogP contribution in [0.2, 0.25) is 0 Å². The van der Waals surface area contributed by atoms with E-state index in [0.29, 0.717) is 6.61 Å². The summed E-state index contributed by atoms with van der Waals surface area (Å²) in [6, 6.07) is 0. The second-order valence-corrected chi connectivity index (χ2v) is 7.85. The summed E-state index contributed by atoms with van der Waals surface area (Å²) in [7, 11) is 0. The van der Waals surface area contributed by atoms with Crippen molar-refractivity contribution in [2.24, 2.45) is 29.1 Å². The van der Waals surface area contributed by atoms with E-state index in [1.807, 2.05) is 13.8 Å². The zero-order valence-corrected chi connectivity index (χ0v) is 12.1. The minimum Gasteiger partial charge on any atom is -0.348 e. The monoisotopic (exact) mass is 266 g/mol. The third-order valence-corrected chi connectivity index (χ3v) is 5.42. The fraction of sp³-hybridized carbons (Fsp3) is 0.933. The second-order valence-electron chi connectivity index (χ2n) is 7.85. The summed E-state index contributed by atoms with van der Waals surface area (Å²) < 4.78 is 0. The van der Waals surface area contributed by atoms with Gasteiger partial charge in [0.2, 0.25) is 5.91 Å². The van der Waals surface area contributed by atoms with E-state index in [9.17, 15) is 4.79 Å². The van der Waals surface area contributed by atoms with E-state index >= 15 is 0 Å². The molecule has 0 radical (unpaired) electrons. The summed E-state index contributed by atoms with van der Waals surface area (Å²) in [6.45, 7) is 4.29. The lowest BCUT2D eigenvalue weighted by Gasteiger charge is -2.56. The smallest absolute Gasteiger partial charge is 0.226 e. The molecule has 4 aliphatic carbocycles. The van der Waals surface area contributed by atoms with E-state index in [1.165, 1.54) is 19.3 Å². The standard InChI is InChI=1S/C15H26N2O2/c1-14(2,9-19-16)17-13(18)15-6-10-3-11(7-15)5-12(4-10)8-15/h10-12H,3-9,16H2,1-2H3,(H,17,18). The lowest BCUT2D eigenvalue weighted by atomic mass is 9.49. The number of hydrogen-bond donors (Lipinski definition) is 2. The number of carbonyl (C=O) groups excluding carboxylic acids is 1. The molecule has 1 amide bonds. The summed E-state index contributed by atoms with van der Waals surface area (Å²) in [5.41, 5.74) is -0.463. The number of amides is 1. The lowest BCUT2D eigenvalue weighted by Crippen LogP contribution is -2.58. The molecule has 4 saturated carbocycles. The van der Waals surface area contributed by atoms with Crippen LogP contribution in [-0.4, -0.2) is 18.1 Å². The van der Waals surface area contributed by atoms with Gasteiger partial charge in [-0.2, -0.15) is 0 Å². The van der Waals surface area contributed by atoms with Crippen molar-refractivity contribution in [2.45, 2.75) is 57.9 Å². The van der Waals surface area contributed by atoms with Crippen molar-refractivity contribution in [3.05, 3.63) is 0 Å². The molecule has 108 valence electrons. The Kier molecular flexibility index (Phi) is 3.13. The molecule has 0 aromatic carbocycles. The number of nitrogens with two attached hydrogens (primary N) is 1. The molecule has 3 N–H and O–H groups in total. The highest BCUT2D eigenvalue weighted by Gasteiger charge is 2.55. The zero-order valence-electron chi connectivity index (χ0n) is 12.1. The molecule has 4 fully saturated rings. The van der Waals surface area contributed by atoms with Crippen LogP contribution in [0.4, 0.5) is 0 Å². The van der Waals surface area contributed by atoms with Gasteiger partial charge in [0, 0.05) is 5.41 Å². The van der Waals surface area contributed by atoms with Gasteiger partial charge in [0.15, 0.2) is 0 Å². The first-order valence-corrected chi connectivity index (χ1v) is 7.57. The second kappa shape index (κ2) is 4.45. The molecule has 0 heterocycles. The fourth-order valence-electron chi connectivity index (χ4n) is 5.07. The number of nitrogens with one attached hydrogen (secondary N) is 1. The van der Waals surface area contributed by atoms with Gasteiger partial charge in [-0.3, -0.25) is 4.79 Å². The van der Waals surface area contributed by atoms with Gasteiger partial charge in [0.25, 0.3) is 0 Å². The molecule has 4 heteroatoms. The van der Waals surface area contributed by atoms with Crippen molar-refractivity contribution in [1.29, 1.82) is 0 Å². The molecule has 0 aliphatic heterocycles. The molecule has 0 aromatic heterocycles. The van der Waals surface area contributed by atoms with Gasteiger partial charge >= 0.3 is 0 Å². The maximum absolute atomic E-state index is 12.8. The minimum atomic E-state index is -0.380. The van der Waals surface area contributed by atoms with Gasteiger partial charge in [0.1, 0.15) is 0 Å². The van der Waals surface area contributed by atoms with Crippen molar-refractivity contribution in [3.8, 4) is 0 Å². The summed E-state index contributed by atoms with van der Waals surface area (Å²) in [5, 5.41) is 3.17. The lowest BCUT2D eigenvalue weighted by molar-refractivity contribution is -0.148. The number of rotatable bonds is 4. The third-order valence-electron chi connectivity index (χ3n) is 5.42. The molecular weight excluding hydrogens is 240 g/mol. The largest absolute Gasteiger partial charge is 0.348 e. The normalized spacial score (nSPS) is 40.5. The highest BCUT2D eigenvalue weighted by atomic mass is 16.6. The van der Waals surface area contributed by atoms with E-state index in [-0.39, 0.29) is 16.9 Å². The highest BCUT2D eigenvalue weighted by molar-refractivity contribution is 5.83. The molecule has 0 aromatic rings. The Balaban J connectivity index is 1.73. The number of hydrogen-bond acceptors (Lipinski definition) is 3. The first kappa shape index (κ1) is 13.4. The van der Waals surface area contributed by atoms with E-state index in [2.05, 4.69) is 5.32 Å². The Morgan fingerprint density at radius 3 is 2.11 bits per heavy atom. The highest BCUT2D eigenvalue weighted by Crippen LogP contribution is 2.60. The van der Waals surface area contributed by atoms with Crippen LogP contribution in [0.25, 0.3) is 0 Å². The van der Waals surface area contributed by atoms with Crippen LogP contribution >= 0.6 is 0 Å². The van der Waals surface area contributed by atoms with Crippen molar-refractivity contribution < 1.29 is 9.63 Å². The van der Waals surface area contributed by atoms with E-state index in [0.717, 1.165) is 37.0 Å². The molecule has 0 saturated heterocycles. The van der Waals surface area contributed by atoms with Gasteiger partial charge in [0.05, 0.1) is 12.1 Å². The molecule has 0 spiro atoms. The Bertz CT molecular complexity index is 343. The molecule has 19 heavy (non-hydrogen) atoms. The Morgan fingerprint density at radius 1 is 1.21 bits per heavy atom. The van der Waals surface area contributed by atoms with Crippen LogP contribution < -0.4 is 11.2 Å². The Labute approximate surface area is 115 Å². The van der Waals surface area contributed by atoms with E-state index in [4.69, 9.17) is 10.7 Å². The first-order valence-electron chi connectivity index (χ1n) is 7.57. The quantitative estimate of drug-likeness (QED) is 0.765. The molecule has 4 rings (SSSR count). The van der Waals surface area contributed by atoms with Crippen LogP contribution in [0.1, 0.15) is 52.4 Å². The third kappa shape index (κ3) is 2.40. The van der Waals surface area contributed by atoms with Gasteiger partial charge in [-0.1, -0.05) is 0 Å². The van der Waals surface area contributed by atoms with Crippen molar-refractivity contribution in [1.82, 2.24) is 5.32 Å². The summed E-state index contributed by atoms with van der Waals surface area (Å²) in [6.07, 6.45) is 7.39. The van der Waals surface area contributed by atoms with Crippen LogP contribution in [0.3, 0.4) is 0 Å². The summed E-state index contributed by atoms with van der Waals surface area (Å²) in [5.74, 6) is 7.78. The molecule has 0 atom stereocenters. The van der Waals surface area contributed by atoms with E-state index < -0.39 is 0 Å². The van der Waals surface area contributed by atoms with Crippen molar-refractivity contribution >= 4 is 5.91 Å². The zero-order chi connectivity index (χ0) is 13.7. The molecule has 4 nitrogen and oxygen atoms in total. The van der Waals surface area contributed by atoms with Crippen molar-refractivity contribution in [3.63, 3.8) is 0 Å². The predicted molar refractivity (Wildman–Crippen MR) is 73.0 cm³/mol. The minimum absolute atomic E-state index is 0.0827. The molecular formula is C15H26N2O2. The van der Waals surface area contributed by atoms with Crippen LogP contribution in [0, 0.1) is 23.2 Å². The van der Waals surface area contributed by atoms with Crippen LogP contribution in [0.15, 0.2) is 0 Å². The summed E-state index contributed by atoms with van der Waals surface area (Å²) in [4.78, 5) is 17.5. The van der Waals surface area contributed by atoms with Crippen molar-refractivity contribution in [2.75, 3.05) is 6.61 Å². The van der Waals surface area contributed by atoms with Gasteiger partial charge in [-0.15, -0.1) is 0 Å². The average Bonchev–Trinajstić information content (AvgIpc) is 2.25. The van der Waals surface area contributed by atoms with Crippen LogP contribution in [0.5, 0.6) is 0 Å².